The second-order valence-corrected chi connectivity index (χ2v) is 4.82. The van der Waals surface area contributed by atoms with Crippen molar-refractivity contribution in [3.8, 4) is 5.88 Å². The number of rotatable bonds is 3. The number of methoxy groups -OCH3 is 1. The van der Waals surface area contributed by atoms with E-state index in [1.54, 1.807) is 24.3 Å². The van der Waals surface area contributed by atoms with Gasteiger partial charge in [0.1, 0.15) is 5.82 Å². The summed E-state index contributed by atoms with van der Waals surface area (Å²) in [6.45, 7) is 1.89. The van der Waals surface area contributed by atoms with E-state index >= 15 is 0 Å². The van der Waals surface area contributed by atoms with Gasteiger partial charge in [0.2, 0.25) is 5.88 Å². The van der Waals surface area contributed by atoms with Crippen molar-refractivity contribution in [2.45, 2.75) is 6.92 Å². The van der Waals surface area contributed by atoms with Crippen molar-refractivity contribution in [1.82, 2.24) is 4.98 Å². The van der Waals surface area contributed by atoms with E-state index in [1.807, 2.05) is 6.92 Å². The number of pyridine rings is 1. The van der Waals surface area contributed by atoms with Crippen LogP contribution in [-0.4, -0.2) is 12.1 Å². The van der Waals surface area contributed by atoms with Gasteiger partial charge < -0.3 is 15.8 Å². The van der Waals surface area contributed by atoms with Gasteiger partial charge in [0.25, 0.3) is 0 Å². The first kappa shape index (κ1) is 13.8. The van der Waals surface area contributed by atoms with Crippen LogP contribution in [0.25, 0.3) is 0 Å². The van der Waals surface area contributed by atoms with E-state index in [4.69, 9.17) is 33.7 Å². The number of nitrogens with zero attached hydrogens (tertiary/aromatic N) is 1. The minimum Gasteiger partial charge on any atom is -0.479 e. The molecule has 100 valence electrons. The maximum absolute atomic E-state index is 6.15. The summed E-state index contributed by atoms with van der Waals surface area (Å²) >= 11 is 12.2. The van der Waals surface area contributed by atoms with Crippen LogP contribution < -0.4 is 15.8 Å². The summed E-state index contributed by atoms with van der Waals surface area (Å²) in [5.74, 6) is 0.937. The van der Waals surface area contributed by atoms with E-state index in [-0.39, 0.29) is 0 Å². The third kappa shape index (κ3) is 3.03. The maximum atomic E-state index is 6.15. The van der Waals surface area contributed by atoms with Crippen molar-refractivity contribution in [2.75, 3.05) is 18.2 Å². The second kappa shape index (κ2) is 5.55. The number of halogens is 2. The lowest BCUT2D eigenvalue weighted by atomic mass is 10.2. The predicted molar refractivity (Wildman–Crippen MR) is 79.7 cm³/mol. The van der Waals surface area contributed by atoms with Crippen LogP contribution in [0, 0.1) is 6.92 Å². The summed E-state index contributed by atoms with van der Waals surface area (Å²) in [7, 11) is 1.51. The number of ether oxygens (including phenoxy) is 1. The summed E-state index contributed by atoms with van der Waals surface area (Å²) in [4.78, 5) is 4.22. The number of aryl methyl sites for hydroxylation is 1. The van der Waals surface area contributed by atoms with E-state index in [9.17, 15) is 0 Å². The van der Waals surface area contributed by atoms with E-state index in [0.717, 1.165) is 5.56 Å². The quantitative estimate of drug-likeness (QED) is 0.898. The fourth-order valence-electron chi connectivity index (χ4n) is 1.56. The van der Waals surface area contributed by atoms with Gasteiger partial charge in [-0.25, -0.2) is 0 Å². The highest BCUT2D eigenvalue weighted by Crippen LogP contribution is 2.31. The molecule has 2 rings (SSSR count). The molecule has 0 atom stereocenters. The Balaban J connectivity index is 2.33. The molecule has 0 aliphatic heterocycles. The Morgan fingerprint density at radius 1 is 1.21 bits per heavy atom. The van der Waals surface area contributed by atoms with Crippen LogP contribution in [0.15, 0.2) is 24.3 Å². The number of nitrogen functional groups attached to an aromatic ring is 1. The molecule has 0 aliphatic carbocycles. The highest BCUT2D eigenvalue weighted by Gasteiger charge is 2.07. The van der Waals surface area contributed by atoms with Gasteiger partial charge in [0, 0.05) is 5.02 Å². The molecule has 4 nitrogen and oxygen atoms in total. The fourth-order valence-corrected chi connectivity index (χ4v) is 1.99. The molecule has 19 heavy (non-hydrogen) atoms. The molecule has 3 N–H and O–H groups in total. The van der Waals surface area contributed by atoms with E-state index in [0.29, 0.717) is 33.1 Å². The second-order valence-electron chi connectivity index (χ2n) is 4.00. The van der Waals surface area contributed by atoms with Gasteiger partial charge in [-0.3, -0.25) is 0 Å². The van der Waals surface area contributed by atoms with Crippen LogP contribution in [0.5, 0.6) is 5.88 Å². The minimum absolute atomic E-state index is 0.360. The predicted octanol–water partition coefficient (Wildman–Crippen LogP) is 4.03. The number of aromatic nitrogens is 1. The van der Waals surface area contributed by atoms with E-state index in [2.05, 4.69) is 10.3 Å². The normalized spacial score (nSPS) is 10.3. The number of anilines is 3. The Labute approximate surface area is 121 Å². The smallest absolute Gasteiger partial charge is 0.238 e. The maximum Gasteiger partial charge on any atom is 0.238 e. The molecule has 0 amide bonds. The van der Waals surface area contributed by atoms with Gasteiger partial charge >= 0.3 is 0 Å². The van der Waals surface area contributed by atoms with Crippen LogP contribution in [0.1, 0.15) is 5.56 Å². The van der Waals surface area contributed by atoms with Crippen molar-refractivity contribution in [3.63, 3.8) is 0 Å². The van der Waals surface area contributed by atoms with Gasteiger partial charge in [-0.15, -0.1) is 0 Å². The number of benzene rings is 1. The van der Waals surface area contributed by atoms with Gasteiger partial charge in [-0.2, -0.15) is 4.98 Å². The fraction of sp³-hybridized carbons (Fsp3) is 0.154. The summed E-state index contributed by atoms with van der Waals surface area (Å²) in [5.41, 5.74) is 7.77. The lowest BCUT2D eigenvalue weighted by Gasteiger charge is -2.11. The van der Waals surface area contributed by atoms with Crippen molar-refractivity contribution in [3.05, 3.63) is 39.9 Å². The molecule has 0 spiro atoms. The average molecular weight is 298 g/mol. The van der Waals surface area contributed by atoms with Gasteiger partial charge in [0.15, 0.2) is 0 Å². The third-order valence-corrected chi connectivity index (χ3v) is 3.31. The van der Waals surface area contributed by atoms with Crippen molar-refractivity contribution in [1.29, 1.82) is 0 Å². The molecule has 0 fully saturated rings. The molecular formula is C13H13Cl2N3O. The summed E-state index contributed by atoms with van der Waals surface area (Å²) in [5, 5.41) is 4.28. The van der Waals surface area contributed by atoms with Crippen LogP contribution in [0.3, 0.4) is 0 Å². The number of nitrogens with one attached hydrogen (secondary N) is 1. The Bertz CT molecular complexity index is 617. The first-order valence-electron chi connectivity index (χ1n) is 5.54. The van der Waals surface area contributed by atoms with E-state index < -0.39 is 0 Å². The number of hydrogen-bond acceptors (Lipinski definition) is 4. The Hall–Kier alpha value is -1.65. The molecule has 6 heteroatoms. The molecule has 0 aliphatic rings. The standard InChI is InChI=1S/C13H13Cl2N3O/c1-7-5-9(15)11(6-8(7)14)17-12-4-3-10(16)13(18-12)19-2/h3-6H,16H2,1-2H3,(H,17,18). The Kier molecular flexibility index (Phi) is 4.02. The summed E-state index contributed by atoms with van der Waals surface area (Å²) < 4.78 is 5.06. The Morgan fingerprint density at radius 3 is 2.63 bits per heavy atom. The average Bonchev–Trinajstić information content (AvgIpc) is 2.38. The van der Waals surface area contributed by atoms with Crippen LogP contribution in [-0.2, 0) is 0 Å². The van der Waals surface area contributed by atoms with Crippen LogP contribution >= 0.6 is 23.2 Å². The monoisotopic (exact) mass is 297 g/mol. The van der Waals surface area contributed by atoms with Crippen LogP contribution in [0.2, 0.25) is 10.0 Å². The topological polar surface area (TPSA) is 60.2 Å². The largest absolute Gasteiger partial charge is 0.479 e. The lowest BCUT2D eigenvalue weighted by molar-refractivity contribution is 0.401. The number of nitrogens with two attached hydrogens (primary N) is 1. The molecule has 0 saturated heterocycles. The molecule has 1 aromatic carbocycles. The van der Waals surface area contributed by atoms with Crippen molar-refractivity contribution >= 4 is 40.4 Å². The molecule has 2 aromatic rings. The van der Waals surface area contributed by atoms with Crippen molar-refractivity contribution < 1.29 is 4.74 Å². The molecule has 0 bridgehead atoms. The highest BCUT2D eigenvalue weighted by molar-refractivity contribution is 6.35. The molecule has 1 aromatic heterocycles. The molecular weight excluding hydrogens is 285 g/mol. The van der Waals surface area contributed by atoms with Gasteiger partial charge in [0.05, 0.1) is 23.5 Å². The molecule has 0 saturated carbocycles. The van der Waals surface area contributed by atoms with E-state index in [1.165, 1.54) is 7.11 Å². The zero-order chi connectivity index (χ0) is 14.0. The third-order valence-electron chi connectivity index (χ3n) is 2.59. The first-order valence-corrected chi connectivity index (χ1v) is 6.30. The first-order chi connectivity index (χ1) is 9.01. The minimum atomic E-state index is 0.360. The SMILES string of the molecule is COc1nc(Nc2cc(Cl)c(C)cc2Cl)ccc1N. The Morgan fingerprint density at radius 2 is 1.95 bits per heavy atom. The van der Waals surface area contributed by atoms with Gasteiger partial charge in [-0.1, -0.05) is 23.2 Å². The molecule has 1 heterocycles. The number of hydrogen-bond donors (Lipinski definition) is 2. The zero-order valence-electron chi connectivity index (χ0n) is 10.5. The molecule has 0 radical (unpaired) electrons. The zero-order valence-corrected chi connectivity index (χ0v) is 12.0. The van der Waals surface area contributed by atoms with Gasteiger partial charge in [-0.05, 0) is 36.8 Å². The lowest BCUT2D eigenvalue weighted by Crippen LogP contribution is -2.00. The molecule has 0 unspecified atom stereocenters. The summed E-state index contributed by atoms with van der Waals surface area (Å²) in [6.07, 6.45) is 0. The highest BCUT2D eigenvalue weighted by atomic mass is 35.5. The van der Waals surface area contributed by atoms with Crippen LogP contribution in [0.4, 0.5) is 17.2 Å². The van der Waals surface area contributed by atoms with Crippen molar-refractivity contribution in [2.24, 2.45) is 0 Å². The summed E-state index contributed by atoms with van der Waals surface area (Å²) in [6, 6.07) is 6.99.